The summed E-state index contributed by atoms with van der Waals surface area (Å²) in [4.78, 5) is 4.54. The molecule has 124 valence electrons. The molecule has 1 atom stereocenters. The number of nitrogens with zero attached hydrogens (tertiary/aromatic N) is 2. The first-order valence-corrected chi connectivity index (χ1v) is 7.82. The molecule has 1 N–H and O–H groups in total. The van der Waals surface area contributed by atoms with E-state index in [9.17, 15) is 9.50 Å². The highest BCUT2D eigenvalue weighted by Crippen LogP contribution is 2.35. The molecule has 1 aliphatic heterocycles. The largest absolute Gasteiger partial charge is 0.486 e. The average molecular weight is 328 g/mol. The average Bonchev–Trinajstić information content (AvgIpc) is 2.88. The van der Waals surface area contributed by atoms with Crippen molar-refractivity contribution in [2.24, 2.45) is 0 Å². The van der Waals surface area contributed by atoms with Gasteiger partial charge in [-0.3, -0.25) is 0 Å². The van der Waals surface area contributed by atoms with Gasteiger partial charge in [0.1, 0.15) is 24.9 Å². The SMILES string of the molecule is Cc1nc2cc3c(cc2n1C[C@H](O)c1ccc(F)cc1)OCCO3. The van der Waals surface area contributed by atoms with E-state index in [2.05, 4.69) is 4.98 Å². The first-order valence-electron chi connectivity index (χ1n) is 7.82. The van der Waals surface area contributed by atoms with Gasteiger partial charge < -0.3 is 19.1 Å². The molecule has 1 aliphatic rings. The Morgan fingerprint density at radius 2 is 1.83 bits per heavy atom. The highest BCUT2D eigenvalue weighted by Gasteiger charge is 2.18. The smallest absolute Gasteiger partial charge is 0.163 e. The van der Waals surface area contributed by atoms with Gasteiger partial charge in [-0.15, -0.1) is 0 Å². The maximum atomic E-state index is 13.0. The second-order valence-corrected chi connectivity index (χ2v) is 5.82. The molecule has 1 aromatic heterocycles. The van der Waals surface area contributed by atoms with E-state index in [0.29, 0.717) is 36.8 Å². The minimum Gasteiger partial charge on any atom is -0.486 e. The Labute approximate surface area is 138 Å². The van der Waals surface area contributed by atoms with Crippen molar-refractivity contribution in [1.82, 2.24) is 9.55 Å². The van der Waals surface area contributed by atoms with Crippen LogP contribution < -0.4 is 9.47 Å². The Balaban J connectivity index is 1.70. The molecule has 3 aromatic rings. The lowest BCUT2D eigenvalue weighted by atomic mass is 10.1. The highest BCUT2D eigenvalue weighted by molar-refractivity contribution is 5.80. The molecule has 0 fully saturated rings. The molecule has 2 heterocycles. The second-order valence-electron chi connectivity index (χ2n) is 5.82. The normalized spacial score (nSPS) is 14.8. The molecule has 4 rings (SSSR count). The summed E-state index contributed by atoms with van der Waals surface area (Å²) in [5.74, 6) is 1.84. The Kier molecular flexibility index (Phi) is 3.61. The number of halogens is 1. The van der Waals surface area contributed by atoms with Gasteiger partial charge in [0, 0.05) is 12.1 Å². The number of aliphatic hydroxyl groups excluding tert-OH is 1. The molecule has 0 saturated carbocycles. The van der Waals surface area contributed by atoms with Gasteiger partial charge in [-0.2, -0.15) is 0 Å². The van der Waals surface area contributed by atoms with Crippen LogP contribution in [-0.2, 0) is 6.54 Å². The third kappa shape index (κ3) is 2.59. The van der Waals surface area contributed by atoms with Gasteiger partial charge in [-0.1, -0.05) is 12.1 Å². The number of aromatic nitrogens is 2. The summed E-state index contributed by atoms with van der Waals surface area (Å²) in [7, 11) is 0. The zero-order valence-corrected chi connectivity index (χ0v) is 13.2. The molecule has 0 unspecified atom stereocenters. The fourth-order valence-electron chi connectivity index (χ4n) is 2.98. The summed E-state index contributed by atoms with van der Waals surface area (Å²) in [5.41, 5.74) is 2.33. The van der Waals surface area contributed by atoms with Gasteiger partial charge in [0.05, 0.1) is 23.7 Å². The van der Waals surface area contributed by atoms with Crippen molar-refractivity contribution in [2.75, 3.05) is 13.2 Å². The second kappa shape index (κ2) is 5.79. The number of imidazole rings is 1. The summed E-state index contributed by atoms with van der Waals surface area (Å²) in [5, 5.41) is 10.5. The lowest BCUT2D eigenvalue weighted by Gasteiger charge is -2.19. The van der Waals surface area contributed by atoms with Crippen molar-refractivity contribution >= 4 is 11.0 Å². The number of ether oxygens (including phenoxy) is 2. The molecule has 0 saturated heterocycles. The third-order valence-electron chi connectivity index (χ3n) is 4.21. The molecule has 24 heavy (non-hydrogen) atoms. The minimum absolute atomic E-state index is 0.320. The van der Waals surface area contributed by atoms with E-state index in [-0.39, 0.29) is 5.82 Å². The number of aryl methyl sites for hydroxylation is 1. The predicted molar refractivity (Wildman–Crippen MR) is 86.8 cm³/mol. The van der Waals surface area contributed by atoms with Crippen LogP contribution in [0.25, 0.3) is 11.0 Å². The van der Waals surface area contributed by atoms with Crippen LogP contribution in [0.4, 0.5) is 4.39 Å². The van der Waals surface area contributed by atoms with Crippen LogP contribution in [0.3, 0.4) is 0 Å². The zero-order valence-electron chi connectivity index (χ0n) is 13.2. The molecular weight excluding hydrogens is 311 g/mol. The molecule has 5 nitrogen and oxygen atoms in total. The van der Waals surface area contributed by atoms with E-state index in [1.165, 1.54) is 12.1 Å². The number of hydrogen-bond acceptors (Lipinski definition) is 4. The highest BCUT2D eigenvalue weighted by atomic mass is 19.1. The van der Waals surface area contributed by atoms with Crippen LogP contribution in [0.2, 0.25) is 0 Å². The monoisotopic (exact) mass is 328 g/mol. The van der Waals surface area contributed by atoms with Crippen LogP contribution in [-0.4, -0.2) is 27.9 Å². The molecule has 0 spiro atoms. The van der Waals surface area contributed by atoms with E-state index in [1.807, 2.05) is 23.6 Å². The number of benzene rings is 2. The predicted octanol–water partition coefficient (Wildman–Crippen LogP) is 2.99. The number of fused-ring (bicyclic) bond motifs is 2. The van der Waals surface area contributed by atoms with Crippen molar-refractivity contribution in [3.05, 3.63) is 53.6 Å². The topological polar surface area (TPSA) is 56.5 Å². The molecule has 6 heteroatoms. The molecule has 2 aromatic carbocycles. The van der Waals surface area contributed by atoms with E-state index in [0.717, 1.165) is 16.9 Å². The van der Waals surface area contributed by atoms with Crippen molar-refractivity contribution in [2.45, 2.75) is 19.6 Å². The van der Waals surface area contributed by atoms with Crippen molar-refractivity contribution in [1.29, 1.82) is 0 Å². The standard InChI is InChI=1S/C18H17FN2O3/c1-11-20-14-8-17-18(24-7-6-23-17)9-15(14)21(11)10-16(22)12-2-4-13(19)5-3-12/h2-5,8-9,16,22H,6-7,10H2,1H3/t16-/m0/s1. The number of hydrogen-bond donors (Lipinski definition) is 1. The molecule has 0 amide bonds. The summed E-state index contributed by atoms with van der Waals surface area (Å²) in [6.45, 7) is 3.26. The Hall–Kier alpha value is -2.60. The van der Waals surface area contributed by atoms with Crippen molar-refractivity contribution in [3.63, 3.8) is 0 Å². The maximum Gasteiger partial charge on any atom is 0.163 e. The van der Waals surface area contributed by atoms with E-state index < -0.39 is 6.10 Å². The quantitative estimate of drug-likeness (QED) is 0.803. The third-order valence-corrected chi connectivity index (χ3v) is 4.21. The minimum atomic E-state index is -0.755. The van der Waals surface area contributed by atoms with E-state index in [4.69, 9.17) is 9.47 Å². The first kappa shape index (κ1) is 15.0. The van der Waals surface area contributed by atoms with Crippen LogP contribution in [0.1, 0.15) is 17.5 Å². The van der Waals surface area contributed by atoms with Gasteiger partial charge in [0.25, 0.3) is 0 Å². The molecular formula is C18H17FN2O3. The molecule has 0 bridgehead atoms. The Morgan fingerprint density at radius 1 is 1.17 bits per heavy atom. The lowest BCUT2D eigenvalue weighted by Crippen LogP contribution is -2.15. The van der Waals surface area contributed by atoms with Crippen LogP contribution >= 0.6 is 0 Å². The van der Waals surface area contributed by atoms with Crippen LogP contribution in [0.5, 0.6) is 11.5 Å². The van der Waals surface area contributed by atoms with E-state index >= 15 is 0 Å². The van der Waals surface area contributed by atoms with Crippen LogP contribution in [0.15, 0.2) is 36.4 Å². The molecule has 0 radical (unpaired) electrons. The van der Waals surface area contributed by atoms with Crippen LogP contribution in [0, 0.1) is 12.7 Å². The summed E-state index contributed by atoms with van der Waals surface area (Å²) in [6.07, 6.45) is -0.755. The Bertz CT molecular complexity index is 889. The summed E-state index contributed by atoms with van der Waals surface area (Å²) < 4.78 is 26.2. The lowest BCUT2D eigenvalue weighted by molar-refractivity contribution is 0.157. The van der Waals surface area contributed by atoms with Crippen molar-refractivity contribution < 1.29 is 19.0 Å². The van der Waals surface area contributed by atoms with Gasteiger partial charge in [0.15, 0.2) is 11.5 Å². The Morgan fingerprint density at radius 3 is 2.54 bits per heavy atom. The maximum absolute atomic E-state index is 13.0. The fraction of sp³-hybridized carbons (Fsp3) is 0.278. The molecule has 0 aliphatic carbocycles. The van der Waals surface area contributed by atoms with Gasteiger partial charge in [-0.05, 0) is 24.6 Å². The van der Waals surface area contributed by atoms with Gasteiger partial charge in [-0.25, -0.2) is 9.37 Å². The fourth-order valence-corrected chi connectivity index (χ4v) is 2.98. The number of rotatable bonds is 3. The van der Waals surface area contributed by atoms with Crippen molar-refractivity contribution in [3.8, 4) is 11.5 Å². The summed E-state index contributed by atoms with van der Waals surface area (Å²) >= 11 is 0. The number of aliphatic hydroxyl groups is 1. The van der Waals surface area contributed by atoms with Gasteiger partial charge >= 0.3 is 0 Å². The zero-order chi connectivity index (χ0) is 16.7. The first-order chi connectivity index (χ1) is 11.6. The van der Waals surface area contributed by atoms with Gasteiger partial charge in [0.2, 0.25) is 0 Å². The van der Waals surface area contributed by atoms with E-state index in [1.54, 1.807) is 12.1 Å². The summed E-state index contributed by atoms with van der Waals surface area (Å²) in [6, 6.07) is 9.62.